The fourth-order valence-corrected chi connectivity index (χ4v) is 2.98. The molecule has 9 nitrogen and oxygen atoms in total. The van der Waals surface area contributed by atoms with Gasteiger partial charge in [0.2, 0.25) is 5.76 Å². The van der Waals surface area contributed by atoms with Crippen LogP contribution >= 0.6 is 0 Å². The van der Waals surface area contributed by atoms with Gasteiger partial charge in [0, 0.05) is 12.4 Å². The van der Waals surface area contributed by atoms with Gasteiger partial charge in [-0.3, -0.25) is 14.3 Å². The second-order valence-electron chi connectivity index (χ2n) is 6.24. The van der Waals surface area contributed by atoms with Crippen molar-refractivity contribution in [1.82, 2.24) is 19.1 Å². The van der Waals surface area contributed by atoms with Gasteiger partial charge in [0.1, 0.15) is 5.76 Å². The van der Waals surface area contributed by atoms with E-state index in [2.05, 4.69) is 14.7 Å². The molecule has 146 valence electrons. The second-order valence-corrected chi connectivity index (χ2v) is 6.24. The summed E-state index contributed by atoms with van der Waals surface area (Å²) >= 11 is 0. The minimum atomic E-state index is -0.664. The Balaban J connectivity index is 1.72. The summed E-state index contributed by atoms with van der Waals surface area (Å²) in [6.07, 6.45) is 3.27. The highest BCUT2D eigenvalue weighted by atomic mass is 16.5. The number of esters is 1. The number of furan rings is 1. The summed E-state index contributed by atoms with van der Waals surface area (Å²) in [6.45, 7) is 0.224. The van der Waals surface area contributed by atoms with E-state index in [1.165, 1.54) is 13.2 Å². The predicted molar refractivity (Wildman–Crippen MR) is 102 cm³/mol. The molecule has 0 fully saturated rings. The molecular weight excluding hydrogens is 376 g/mol. The molecule has 0 saturated carbocycles. The van der Waals surface area contributed by atoms with Gasteiger partial charge in [-0.15, -0.1) is 0 Å². The lowest BCUT2D eigenvalue weighted by Crippen LogP contribution is -2.38. The molecule has 2 aliphatic heterocycles. The Labute approximate surface area is 164 Å². The Bertz CT molecular complexity index is 1260. The zero-order chi connectivity index (χ0) is 20.4. The first-order chi connectivity index (χ1) is 14.1. The van der Waals surface area contributed by atoms with E-state index in [1.807, 2.05) is 0 Å². The number of aromatic nitrogens is 4. The number of fused-ring (bicyclic) bond motifs is 1. The molecule has 0 amide bonds. The monoisotopic (exact) mass is 392 g/mol. The summed E-state index contributed by atoms with van der Waals surface area (Å²) < 4.78 is 12.7. The minimum absolute atomic E-state index is 0.0387. The van der Waals surface area contributed by atoms with Crippen LogP contribution in [0.3, 0.4) is 0 Å². The first-order valence-electron chi connectivity index (χ1n) is 8.74. The van der Waals surface area contributed by atoms with Crippen LogP contribution in [0.15, 0.2) is 68.9 Å². The van der Waals surface area contributed by atoms with E-state index in [-0.39, 0.29) is 24.7 Å². The van der Waals surface area contributed by atoms with Crippen LogP contribution < -0.4 is 11.2 Å². The van der Waals surface area contributed by atoms with E-state index in [9.17, 15) is 14.4 Å². The van der Waals surface area contributed by atoms with Crippen molar-refractivity contribution in [3.63, 3.8) is 0 Å². The molecule has 0 atom stereocenters. The summed E-state index contributed by atoms with van der Waals surface area (Å²) in [7, 11) is 1.26. The van der Waals surface area contributed by atoms with E-state index in [4.69, 9.17) is 4.42 Å². The van der Waals surface area contributed by atoms with Crippen LogP contribution in [0.4, 0.5) is 0 Å². The Morgan fingerprint density at radius 2 is 1.97 bits per heavy atom. The molecule has 0 saturated heterocycles. The smallest absolute Gasteiger partial charge is 0.373 e. The number of hydrogen-bond donors (Lipinski definition) is 0. The zero-order valence-corrected chi connectivity index (χ0v) is 15.4. The van der Waals surface area contributed by atoms with Crippen LogP contribution in [0.2, 0.25) is 0 Å². The summed E-state index contributed by atoms with van der Waals surface area (Å²) in [5.74, 6) is 0.167. The SMILES string of the molecule is COC(=O)c1ccc(Cn2cccc3c(=O)n(Cc4ccccn4)c(=O)nc2-3)o1. The van der Waals surface area contributed by atoms with Gasteiger partial charge in [-0.25, -0.2) is 9.59 Å². The summed E-state index contributed by atoms with van der Waals surface area (Å²) in [5, 5.41) is 0. The molecular formula is C20H16N4O5. The molecule has 0 aromatic carbocycles. The predicted octanol–water partition coefficient (Wildman–Crippen LogP) is 1.38. The molecule has 2 aromatic heterocycles. The normalized spacial score (nSPS) is 10.9. The Morgan fingerprint density at radius 1 is 1.10 bits per heavy atom. The van der Waals surface area contributed by atoms with Crippen LogP contribution in [-0.4, -0.2) is 32.2 Å². The third kappa shape index (κ3) is 3.57. The molecule has 4 heterocycles. The van der Waals surface area contributed by atoms with Gasteiger partial charge in [-0.05, 0) is 36.4 Å². The highest BCUT2D eigenvalue weighted by Gasteiger charge is 2.18. The Morgan fingerprint density at radius 3 is 2.72 bits per heavy atom. The Kier molecular flexibility index (Phi) is 4.78. The van der Waals surface area contributed by atoms with Gasteiger partial charge in [0.05, 0.1) is 31.5 Å². The van der Waals surface area contributed by atoms with E-state index in [0.717, 1.165) is 4.57 Å². The van der Waals surface area contributed by atoms with Crippen molar-refractivity contribution in [3.8, 4) is 11.4 Å². The number of nitrogens with zero attached hydrogens (tertiary/aromatic N) is 4. The molecule has 0 bridgehead atoms. The summed E-state index contributed by atoms with van der Waals surface area (Å²) in [6, 6.07) is 11.7. The van der Waals surface area contributed by atoms with Crippen LogP contribution in [-0.2, 0) is 17.8 Å². The number of methoxy groups -OCH3 is 1. The molecule has 4 rings (SSSR count). The van der Waals surface area contributed by atoms with Gasteiger partial charge in [-0.1, -0.05) is 6.07 Å². The lowest BCUT2D eigenvalue weighted by molar-refractivity contribution is 0.0563. The number of carbonyl (C=O) groups is 1. The third-order valence-electron chi connectivity index (χ3n) is 4.37. The number of pyridine rings is 2. The van der Waals surface area contributed by atoms with Crippen molar-refractivity contribution in [2.45, 2.75) is 13.1 Å². The van der Waals surface area contributed by atoms with E-state index >= 15 is 0 Å². The molecule has 0 unspecified atom stereocenters. The zero-order valence-electron chi connectivity index (χ0n) is 15.4. The molecule has 2 aliphatic rings. The number of carbonyl (C=O) groups excluding carboxylic acids is 1. The highest BCUT2D eigenvalue weighted by molar-refractivity contribution is 5.86. The maximum absolute atomic E-state index is 12.9. The fourth-order valence-electron chi connectivity index (χ4n) is 2.98. The van der Waals surface area contributed by atoms with Crippen LogP contribution in [0, 0.1) is 0 Å². The second kappa shape index (κ2) is 7.55. The molecule has 2 aromatic rings. The topological polar surface area (TPSA) is 109 Å². The lowest BCUT2D eigenvalue weighted by atomic mass is 10.2. The number of hydrogen-bond acceptors (Lipinski definition) is 7. The maximum Gasteiger partial charge on any atom is 0.373 e. The van der Waals surface area contributed by atoms with Gasteiger partial charge in [-0.2, -0.15) is 4.98 Å². The molecule has 0 spiro atoms. The average molecular weight is 392 g/mol. The van der Waals surface area contributed by atoms with Crippen molar-refractivity contribution < 1.29 is 13.9 Å². The number of rotatable bonds is 5. The quantitative estimate of drug-likeness (QED) is 0.472. The van der Waals surface area contributed by atoms with E-state index in [0.29, 0.717) is 17.0 Å². The van der Waals surface area contributed by atoms with Crippen molar-refractivity contribution in [2.75, 3.05) is 7.11 Å². The molecule has 9 heteroatoms. The summed E-state index contributed by atoms with van der Waals surface area (Å²) in [4.78, 5) is 45.2. The third-order valence-corrected chi connectivity index (χ3v) is 4.37. The van der Waals surface area contributed by atoms with Crippen LogP contribution in [0.25, 0.3) is 11.4 Å². The lowest BCUT2D eigenvalue weighted by Gasteiger charge is -2.14. The molecule has 0 radical (unpaired) electrons. The number of ether oxygens (including phenoxy) is 1. The van der Waals surface area contributed by atoms with E-state index in [1.54, 1.807) is 53.4 Å². The highest BCUT2D eigenvalue weighted by Crippen LogP contribution is 2.17. The molecule has 0 aliphatic carbocycles. The van der Waals surface area contributed by atoms with Crippen LogP contribution in [0.1, 0.15) is 22.0 Å². The molecule has 0 N–H and O–H groups in total. The summed E-state index contributed by atoms with van der Waals surface area (Å²) in [5.41, 5.74) is -0.233. The first-order valence-corrected chi connectivity index (χ1v) is 8.74. The van der Waals surface area contributed by atoms with Crippen molar-refractivity contribution in [2.24, 2.45) is 0 Å². The fraction of sp³-hybridized carbons (Fsp3) is 0.150. The van der Waals surface area contributed by atoms with Crippen molar-refractivity contribution in [3.05, 3.63) is 92.9 Å². The van der Waals surface area contributed by atoms with Gasteiger partial charge in [0.25, 0.3) is 5.56 Å². The standard InChI is InChI=1S/C20H16N4O5/c1-28-19(26)16-8-7-14(29-16)12-23-10-4-6-15-17(23)22-20(27)24(18(15)25)11-13-5-2-3-9-21-13/h2-10H,11-12H2,1H3. The van der Waals surface area contributed by atoms with Gasteiger partial charge in [0.15, 0.2) is 5.82 Å². The molecule has 29 heavy (non-hydrogen) atoms. The van der Waals surface area contributed by atoms with Gasteiger partial charge >= 0.3 is 11.7 Å². The van der Waals surface area contributed by atoms with Crippen molar-refractivity contribution in [1.29, 1.82) is 0 Å². The average Bonchev–Trinajstić information content (AvgIpc) is 3.20. The maximum atomic E-state index is 12.9. The van der Waals surface area contributed by atoms with Crippen LogP contribution in [0.5, 0.6) is 0 Å². The Hall–Kier alpha value is -4.01. The minimum Gasteiger partial charge on any atom is -0.463 e. The van der Waals surface area contributed by atoms with Gasteiger partial charge < -0.3 is 13.7 Å². The first kappa shape index (κ1) is 18.4. The largest absolute Gasteiger partial charge is 0.463 e. The van der Waals surface area contributed by atoms with E-state index < -0.39 is 17.2 Å². The van der Waals surface area contributed by atoms with Crippen molar-refractivity contribution >= 4 is 5.97 Å².